The zero-order chi connectivity index (χ0) is 20.8. The van der Waals surface area contributed by atoms with Gasteiger partial charge < -0.3 is 19.9 Å². The van der Waals surface area contributed by atoms with Gasteiger partial charge in [0, 0.05) is 17.2 Å². The fourth-order valence-electron chi connectivity index (χ4n) is 2.55. The minimum Gasteiger partial charge on any atom is -0.497 e. The van der Waals surface area contributed by atoms with E-state index in [0.29, 0.717) is 11.7 Å². The van der Waals surface area contributed by atoms with Crippen molar-refractivity contribution < 1.29 is 9.53 Å². The van der Waals surface area contributed by atoms with Crippen molar-refractivity contribution in [1.29, 1.82) is 0 Å². The molecule has 0 unspecified atom stereocenters. The third-order valence-corrected chi connectivity index (χ3v) is 5.87. The number of rotatable bonds is 8. The molecule has 1 amide bonds. The summed E-state index contributed by atoms with van der Waals surface area (Å²) in [5.41, 5.74) is 2.84. The van der Waals surface area contributed by atoms with E-state index >= 15 is 0 Å². The molecule has 0 bridgehead atoms. The van der Waals surface area contributed by atoms with Gasteiger partial charge in [0.1, 0.15) is 5.75 Å². The summed E-state index contributed by atoms with van der Waals surface area (Å²) in [6, 6.07) is 13.5. The molecule has 0 spiro atoms. The number of benzene rings is 2. The summed E-state index contributed by atoms with van der Waals surface area (Å²) in [4.78, 5) is 12.3. The lowest BCUT2D eigenvalue weighted by molar-refractivity contribution is -0.113. The molecule has 3 rings (SSSR count). The molecule has 2 aromatic carbocycles. The Balaban J connectivity index is 1.52. The van der Waals surface area contributed by atoms with Crippen molar-refractivity contribution in [3.8, 4) is 5.75 Å². The van der Waals surface area contributed by atoms with Gasteiger partial charge in [-0.3, -0.25) is 4.79 Å². The zero-order valence-electron chi connectivity index (χ0n) is 16.4. The van der Waals surface area contributed by atoms with Crippen LogP contribution in [-0.4, -0.2) is 33.5 Å². The predicted octanol–water partition coefficient (Wildman–Crippen LogP) is 4.24. The molecule has 0 radical (unpaired) electrons. The first kappa shape index (κ1) is 21.2. The van der Waals surface area contributed by atoms with Crippen LogP contribution in [0.1, 0.15) is 11.4 Å². The van der Waals surface area contributed by atoms with Crippen molar-refractivity contribution in [1.82, 2.24) is 14.8 Å². The maximum absolute atomic E-state index is 12.3. The summed E-state index contributed by atoms with van der Waals surface area (Å²) >= 11 is 4.82. The van der Waals surface area contributed by atoms with Gasteiger partial charge in [0.05, 0.1) is 25.1 Å². The summed E-state index contributed by atoms with van der Waals surface area (Å²) in [7, 11) is 3.53. The van der Waals surface area contributed by atoms with Crippen molar-refractivity contribution in [2.45, 2.75) is 18.6 Å². The Bertz CT molecular complexity index is 991. The van der Waals surface area contributed by atoms with Crippen LogP contribution in [0.3, 0.4) is 0 Å². The molecule has 0 fully saturated rings. The predicted molar refractivity (Wildman–Crippen MR) is 120 cm³/mol. The molecule has 9 heteroatoms. The molecule has 29 heavy (non-hydrogen) atoms. The molecule has 0 saturated carbocycles. The second-order valence-corrected chi connectivity index (χ2v) is 8.16. The van der Waals surface area contributed by atoms with Gasteiger partial charge in [0.25, 0.3) is 0 Å². The van der Waals surface area contributed by atoms with E-state index in [4.69, 9.17) is 4.74 Å². The largest absolute Gasteiger partial charge is 0.497 e. The quantitative estimate of drug-likeness (QED) is 0.474. The fraction of sp³-hybridized carbons (Fsp3) is 0.250. The van der Waals surface area contributed by atoms with Crippen LogP contribution in [0.2, 0.25) is 0 Å². The Labute approximate surface area is 182 Å². The van der Waals surface area contributed by atoms with Crippen molar-refractivity contribution in [2.24, 2.45) is 7.05 Å². The van der Waals surface area contributed by atoms with E-state index in [-0.39, 0.29) is 11.7 Å². The van der Waals surface area contributed by atoms with Gasteiger partial charge in [-0.1, -0.05) is 17.8 Å². The Morgan fingerprint density at radius 1 is 1.21 bits per heavy atom. The number of hydrogen-bond acceptors (Lipinski definition) is 6. The van der Waals surface area contributed by atoms with E-state index in [9.17, 15) is 4.79 Å². The maximum atomic E-state index is 12.3. The molecule has 0 aliphatic heterocycles. The second-order valence-electron chi connectivity index (χ2n) is 6.36. The van der Waals surface area contributed by atoms with Gasteiger partial charge >= 0.3 is 0 Å². The van der Waals surface area contributed by atoms with Gasteiger partial charge in [-0.05, 0) is 64.8 Å². The van der Waals surface area contributed by atoms with Gasteiger partial charge in [-0.15, -0.1) is 10.2 Å². The van der Waals surface area contributed by atoms with Crippen LogP contribution < -0.4 is 15.4 Å². The van der Waals surface area contributed by atoms with E-state index in [1.54, 1.807) is 7.11 Å². The number of halogens is 1. The first-order valence-electron chi connectivity index (χ1n) is 8.91. The summed E-state index contributed by atoms with van der Waals surface area (Å²) < 4.78 is 7.91. The molecule has 1 aromatic heterocycles. The van der Waals surface area contributed by atoms with E-state index in [1.165, 1.54) is 11.8 Å². The molecular weight excluding hydrogens is 454 g/mol. The number of carbonyl (C=O) groups excluding carboxylic acids is 1. The maximum Gasteiger partial charge on any atom is 0.234 e. The SMILES string of the molecule is COc1ccc(NCc2nnc(SCC(=O)Nc3ccc(C)cc3Br)n2C)cc1. The van der Waals surface area contributed by atoms with Gasteiger partial charge in [0.2, 0.25) is 5.91 Å². The fourth-order valence-corrected chi connectivity index (χ4v) is 3.87. The third kappa shape index (κ3) is 5.74. The van der Waals surface area contributed by atoms with E-state index in [0.717, 1.165) is 33.0 Å². The van der Waals surface area contributed by atoms with Crippen molar-refractivity contribution >= 4 is 45.0 Å². The molecule has 0 aliphatic carbocycles. The number of nitrogens with zero attached hydrogens (tertiary/aromatic N) is 3. The molecule has 0 aliphatic rings. The summed E-state index contributed by atoms with van der Waals surface area (Å²) in [5, 5.41) is 15.3. The monoisotopic (exact) mass is 475 g/mol. The highest BCUT2D eigenvalue weighted by Gasteiger charge is 2.12. The number of anilines is 2. The molecule has 0 saturated heterocycles. The number of nitrogens with one attached hydrogen (secondary N) is 2. The van der Waals surface area contributed by atoms with E-state index in [2.05, 4.69) is 36.8 Å². The smallest absolute Gasteiger partial charge is 0.234 e. The molecule has 2 N–H and O–H groups in total. The Morgan fingerprint density at radius 2 is 1.97 bits per heavy atom. The number of methoxy groups -OCH3 is 1. The van der Waals surface area contributed by atoms with Crippen LogP contribution >= 0.6 is 27.7 Å². The minimum atomic E-state index is -0.0968. The van der Waals surface area contributed by atoms with Crippen LogP contribution in [-0.2, 0) is 18.4 Å². The Hall–Kier alpha value is -2.52. The van der Waals surface area contributed by atoms with Gasteiger partial charge in [-0.25, -0.2) is 0 Å². The molecule has 1 heterocycles. The van der Waals surface area contributed by atoms with Crippen LogP contribution in [0, 0.1) is 6.92 Å². The highest BCUT2D eigenvalue weighted by molar-refractivity contribution is 9.10. The van der Waals surface area contributed by atoms with Crippen LogP contribution in [0.4, 0.5) is 11.4 Å². The number of thioether (sulfide) groups is 1. The molecule has 7 nitrogen and oxygen atoms in total. The Kier molecular flexibility index (Phi) is 7.16. The number of aryl methyl sites for hydroxylation is 1. The van der Waals surface area contributed by atoms with Crippen molar-refractivity contribution in [3.63, 3.8) is 0 Å². The first-order valence-corrected chi connectivity index (χ1v) is 10.7. The standard InChI is InChI=1S/C20H22BrN5O2S/c1-13-4-9-17(16(21)10-13)23-19(27)12-29-20-25-24-18(26(20)2)11-22-14-5-7-15(28-3)8-6-14/h4-10,22H,11-12H2,1-3H3,(H,23,27). The molecule has 0 atom stereocenters. The number of aromatic nitrogens is 3. The number of hydrogen-bond donors (Lipinski definition) is 2. The Morgan fingerprint density at radius 3 is 2.66 bits per heavy atom. The van der Waals surface area contributed by atoms with Gasteiger partial charge in [0.15, 0.2) is 11.0 Å². The van der Waals surface area contributed by atoms with Crippen molar-refractivity contribution in [3.05, 3.63) is 58.3 Å². The summed E-state index contributed by atoms with van der Waals surface area (Å²) in [5.74, 6) is 1.74. The lowest BCUT2D eigenvalue weighted by Gasteiger charge is -2.09. The van der Waals surface area contributed by atoms with Crippen LogP contribution in [0.5, 0.6) is 5.75 Å². The van der Waals surface area contributed by atoms with Crippen molar-refractivity contribution in [2.75, 3.05) is 23.5 Å². The molecule has 3 aromatic rings. The molecule has 152 valence electrons. The van der Waals surface area contributed by atoms with E-state index in [1.807, 2.05) is 61.0 Å². The lowest BCUT2D eigenvalue weighted by Crippen LogP contribution is -2.15. The molecular formula is C20H22BrN5O2S. The average Bonchev–Trinajstić information content (AvgIpc) is 3.07. The highest BCUT2D eigenvalue weighted by Crippen LogP contribution is 2.24. The second kappa shape index (κ2) is 9.80. The third-order valence-electron chi connectivity index (χ3n) is 4.20. The summed E-state index contributed by atoms with van der Waals surface area (Å²) in [6.45, 7) is 2.53. The lowest BCUT2D eigenvalue weighted by atomic mass is 10.2. The topological polar surface area (TPSA) is 81.1 Å². The minimum absolute atomic E-state index is 0.0968. The first-order chi connectivity index (χ1) is 14.0. The summed E-state index contributed by atoms with van der Waals surface area (Å²) in [6.07, 6.45) is 0. The van der Waals surface area contributed by atoms with Crippen LogP contribution in [0.25, 0.3) is 0 Å². The number of carbonyl (C=O) groups is 1. The highest BCUT2D eigenvalue weighted by atomic mass is 79.9. The number of amides is 1. The number of ether oxygens (including phenoxy) is 1. The average molecular weight is 476 g/mol. The van der Waals surface area contributed by atoms with E-state index < -0.39 is 0 Å². The normalized spacial score (nSPS) is 10.6. The zero-order valence-corrected chi connectivity index (χ0v) is 18.8. The van der Waals surface area contributed by atoms with Crippen LogP contribution in [0.15, 0.2) is 52.1 Å². The van der Waals surface area contributed by atoms with Gasteiger partial charge in [-0.2, -0.15) is 0 Å².